The van der Waals surface area contributed by atoms with Crippen LogP contribution in [0.3, 0.4) is 0 Å². The minimum atomic E-state index is 0.240. The van der Waals surface area contributed by atoms with Crippen molar-refractivity contribution in [3.05, 3.63) is 54.6 Å². The van der Waals surface area contributed by atoms with E-state index in [4.69, 9.17) is 11.6 Å². The predicted octanol–water partition coefficient (Wildman–Crippen LogP) is 5.74. The summed E-state index contributed by atoms with van der Waals surface area (Å²) in [5.41, 5.74) is 4.41. The van der Waals surface area contributed by atoms with Crippen molar-refractivity contribution in [2.45, 2.75) is 38.6 Å². The van der Waals surface area contributed by atoms with Crippen LogP contribution in [0.15, 0.2) is 28.7 Å². The molecule has 1 aromatic carbocycles. The highest BCUT2D eigenvalue weighted by atomic mass is 79.9. The lowest BCUT2D eigenvalue weighted by Crippen LogP contribution is -2.22. The summed E-state index contributed by atoms with van der Waals surface area (Å²) < 4.78 is 1.82. The van der Waals surface area contributed by atoms with Gasteiger partial charge >= 0.3 is 0 Å². The topological polar surface area (TPSA) is 12.0 Å². The third-order valence-electron chi connectivity index (χ3n) is 4.00. The Balaban J connectivity index is 1.95. The molecule has 1 aromatic heterocycles. The minimum Gasteiger partial charge on any atom is -0.306 e. The molecule has 0 saturated carbocycles. The number of nitrogens with one attached hydrogen (secondary N) is 1. The molecule has 1 heterocycles. The molecule has 4 heteroatoms. The number of rotatable bonds is 5. The quantitative estimate of drug-likeness (QED) is 0.693. The Morgan fingerprint density at radius 1 is 1.29 bits per heavy atom. The Morgan fingerprint density at radius 2 is 2.10 bits per heavy atom. The van der Waals surface area contributed by atoms with Crippen LogP contribution in [0.4, 0.5) is 0 Å². The molecule has 0 spiro atoms. The van der Waals surface area contributed by atoms with Crippen molar-refractivity contribution in [3.63, 3.8) is 0 Å². The maximum absolute atomic E-state index is 6.23. The molecule has 1 N–H and O–H groups in total. The average molecular weight is 385 g/mol. The molecule has 0 aliphatic heterocycles. The second-order valence-corrected chi connectivity index (χ2v) is 8.08. The molecule has 0 bridgehead atoms. The minimum absolute atomic E-state index is 0.240. The molecule has 1 aliphatic rings. The molecular weight excluding hydrogens is 366 g/mol. The van der Waals surface area contributed by atoms with Crippen molar-refractivity contribution in [3.8, 4) is 0 Å². The van der Waals surface area contributed by atoms with E-state index < -0.39 is 0 Å². The summed E-state index contributed by atoms with van der Waals surface area (Å²) >= 11 is 11.4. The number of aryl methyl sites for hydroxylation is 2. The third-order valence-corrected chi connectivity index (χ3v) is 6.54. The molecule has 0 radical (unpaired) electrons. The van der Waals surface area contributed by atoms with Gasteiger partial charge in [0.05, 0.1) is 6.04 Å². The second-order valence-electron chi connectivity index (χ2n) is 5.54. The SMILES string of the molecule is CCCNC(c1ccc2c(c1)CCC2)c1cc(Br)c(Cl)s1. The maximum Gasteiger partial charge on any atom is 0.107 e. The van der Waals surface area contributed by atoms with Gasteiger partial charge in [-0.15, -0.1) is 11.3 Å². The van der Waals surface area contributed by atoms with Gasteiger partial charge in [-0.05, 0) is 70.9 Å². The fraction of sp³-hybridized carbons (Fsp3) is 0.412. The summed E-state index contributed by atoms with van der Waals surface area (Å²) in [7, 11) is 0. The summed E-state index contributed by atoms with van der Waals surface area (Å²) in [6.07, 6.45) is 4.88. The highest BCUT2D eigenvalue weighted by molar-refractivity contribution is 9.10. The van der Waals surface area contributed by atoms with Gasteiger partial charge in [-0.2, -0.15) is 0 Å². The average Bonchev–Trinajstić information content (AvgIpc) is 3.06. The zero-order chi connectivity index (χ0) is 14.8. The van der Waals surface area contributed by atoms with Crippen LogP contribution in [-0.2, 0) is 12.8 Å². The van der Waals surface area contributed by atoms with Crippen LogP contribution >= 0.6 is 38.9 Å². The lowest BCUT2D eigenvalue weighted by molar-refractivity contribution is 0.605. The molecule has 0 fully saturated rings. The number of benzene rings is 1. The fourth-order valence-corrected chi connectivity index (χ4v) is 4.79. The standard InChI is InChI=1S/C17H19BrClNS/c1-2-8-20-16(15-10-14(18)17(19)21-15)13-7-6-11-4-3-5-12(11)9-13/h6-7,9-10,16,20H,2-5,8H2,1H3. The first kappa shape index (κ1) is 15.5. The van der Waals surface area contributed by atoms with Crippen LogP contribution in [0.1, 0.15) is 47.4 Å². The van der Waals surface area contributed by atoms with E-state index in [2.05, 4.69) is 52.4 Å². The Hall–Kier alpha value is -0.350. The van der Waals surface area contributed by atoms with Crippen LogP contribution in [0.5, 0.6) is 0 Å². The fourth-order valence-electron chi connectivity index (χ4n) is 2.95. The second kappa shape index (κ2) is 6.82. The van der Waals surface area contributed by atoms with Gasteiger partial charge in [-0.25, -0.2) is 0 Å². The Morgan fingerprint density at radius 3 is 2.81 bits per heavy atom. The van der Waals surface area contributed by atoms with E-state index in [9.17, 15) is 0 Å². The van der Waals surface area contributed by atoms with Gasteiger partial charge in [-0.1, -0.05) is 36.7 Å². The Bertz CT molecular complexity index is 618. The summed E-state index contributed by atoms with van der Waals surface area (Å²) in [5, 5.41) is 3.66. The summed E-state index contributed by atoms with van der Waals surface area (Å²) in [6, 6.07) is 9.36. The first-order chi connectivity index (χ1) is 10.2. The van der Waals surface area contributed by atoms with Gasteiger partial charge in [-0.3, -0.25) is 0 Å². The van der Waals surface area contributed by atoms with Crippen molar-refractivity contribution < 1.29 is 0 Å². The number of hydrogen-bond acceptors (Lipinski definition) is 2. The van der Waals surface area contributed by atoms with Crippen molar-refractivity contribution >= 4 is 38.9 Å². The Labute approximate surface area is 143 Å². The number of thiophene rings is 1. The molecule has 21 heavy (non-hydrogen) atoms. The first-order valence-electron chi connectivity index (χ1n) is 7.49. The van der Waals surface area contributed by atoms with Gasteiger partial charge in [0, 0.05) is 9.35 Å². The van der Waals surface area contributed by atoms with Gasteiger partial charge in [0.2, 0.25) is 0 Å². The van der Waals surface area contributed by atoms with Gasteiger partial charge in [0.15, 0.2) is 0 Å². The maximum atomic E-state index is 6.23. The van der Waals surface area contributed by atoms with Crippen LogP contribution in [0.2, 0.25) is 4.34 Å². The molecule has 112 valence electrons. The van der Waals surface area contributed by atoms with Crippen LogP contribution < -0.4 is 5.32 Å². The van der Waals surface area contributed by atoms with E-state index in [0.717, 1.165) is 21.8 Å². The monoisotopic (exact) mass is 383 g/mol. The van der Waals surface area contributed by atoms with Crippen LogP contribution in [-0.4, -0.2) is 6.54 Å². The largest absolute Gasteiger partial charge is 0.306 e. The van der Waals surface area contributed by atoms with Gasteiger partial charge in [0.25, 0.3) is 0 Å². The van der Waals surface area contributed by atoms with E-state index in [1.807, 2.05) is 0 Å². The lowest BCUT2D eigenvalue weighted by Gasteiger charge is -2.18. The zero-order valence-electron chi connectivity index (χ0n) is 12.1. The molecular formula is C17H19BrClNS. The van der Waals surface area contributed by atoms with Crippen molar-refractivity contribution in [2.24, 2.45) is 0 Å². The molecule has 2 aromatic rings. The normalized spacial score (nSPS) is 15.2. The molecule has 0 saturated heterocycles. The molecule has 1 nitrogen and oxygen atoms in total. The summed E-state index contributed by atoms with van der Waals surface area (Å²) in [5.74, 6) is 0. The van der Waals surface area contributed by atoms with Crippen LogP contribution in [0, 0.1) is 0 Å². The smallest absolute Gasteiger partial charge is 0.107 e. The molecule has 3 rings (SSSR count). The van der Waals surface area contributed by atoms with Crippen molar-refractivity contribution in [2.75, 3.05) is 6.54 Å². The molecule has 0 amide bonds. The third kappa shape index (κ3) is 3.37. The lowest BCUT2D eigenvalue weighted by atomic mass is 10.00. The summed E-state index contributed by atoms with van der Waals surface area (Å²) in [6.45, 7) is 3.21. The number of halogens is 2. The van der Waals surface area contributed by atoms with E-state index >= 15 is 0 Å². The molecule has 1 atom stereocenters. The van der Waals surface area contributed by atoms with Gasteiger partial charge in [0.1, 0.15) is 4.34 Å². The predicted molar refractivity (Wildman–Crippen MR) is 95.6 cm³/mol. The Kier molecular flexibility index (Phi) is 5.05. The van der Waals surface area contributed by atoms with E-state index in [-0.39, 0.29) is 6.04 Å². The molecule has 1 unspecified atom stereocenters. The summed E-state index contributed by atoms with van der Waals surface area (Å²) in [4.78, 5) is 1.28. The zero-order valence-corrected chi connectivity index (χ0v) is 15.2. The van der Waals surface area contributed by atoms with E-state index in [0.29, 0.717) is 0 Å². The van der Waals surface area contributed by atoms with E-state index in [1.165, 1.54) is 40.8 Å². The van der Waals surface area contributed by atoms with Gasteiger partial charge < -0.3 is 5.32 Å². The highest BCUT2D eigenvalue weighted by Crippen LogP contribution is 2.38. The number of hydrogen-bond donors (Lipinski definition) is 1. The highest BCUT2D eigenvalue weighted by Gasteiger charge is 2.20. The van der Waals surface area contributed by atoms with Crippen molar-refractivity contribution in [1.29, 1.82) is 0 Å². The van der Waals surface area contributed by atoms with Crippen LogP contribution in [0.25, 0.3) is 0 Å². The molecule has 1 aliphatic carbocycles. The van der Waals surface area contributed by atoms with E-state index in [1.54, 1.807) is 11.3 Å². The first-order valence-corrected chi connectivity index (χ1v) is 9.47. The van der Waals surface area contributed by atoms with Crippen molar-refractivity contribution in [1.82, 2.24) is 5.32 Å². The number of fused-ring (bicyclic) bond motifs is 1.